The van der Waals surface area contributed by atoms with Crippen molar-refractivity contribution in [2.45, 2.75) is 71.3 Å². The maximum Gasteiger partial charge on any atom is 0.0615 e. The van der Waals surface area contributed by atoms with E-state index in [-0.39, 0.29) is 12.7 Å². The van der Waals surface area contributed by atoms with Gasteiger partial charge in [-0.3, -0.25) is 0 Å². The highest BCUT2D eigenvalue weighted by Gasteiger charge is 2.56. The van der Waals surface area contributed by atoms with E-state index >= 15 is 0 Å². The van der Waals surface area contributed by atoms with Crippen LogP contribution in [0.1, 0.15) is 65.2 Å². The topological polar surface area (TPSA) is 40.5 Å². The summed E-state index contributed by atoms with van der Waals surface area (Å²) in [7, 11) is 0. The van der Waals surface area contributed by atoms with Gasteiger partial charge in [0.1, 0.15) is 0 Å². The van der Waals surface area contributed by atoms with Crippen molar-refractivity contribution in [2.24, 2.45) is 28.6 Å². The molecule has 0 spiro atoms. The van der Waals surface area contributed by atoms with Gasteiger partial charge in [-0.25, -0.2) is 0 Å². The molecule has 4 rings (SSSR count). The fraction of sp³-hybridized carbons (Fsp3) is 0.810. The summed E-state index contributed by atoms with van der Waals surface area (Å²) in [6, 6.07) is 0. The summed E-state index contributed by atoms with van der Waals surface area (Å²) in [5.41, 5.74) is 3.76. The number of fused-ring (bicyclic) bond motifs is 5. The SMILES string of the molecule is C[C@]12CCC(O)CC1=CC[C@@H]1[C@H]2CC[C@]2(C)C(=CCO)CC[C@@H]12. The molecule has 0 aromatic rings. The molecule has 3 fully saturated rings. The van der Waals surface area contributed by atoms with E-state index in [9.17, 15) is 10.2 Å². The van der Waals surface area contributed by atoms with E-state index < -0.39 is 0 Å². The zero-order valence-electron chi connectivity index (χ0n) is 14.7. The Morgan fingerprint density at radius 2 is 1.87 bits per heavy atom. The normalized spacial score (nSPS) is 51.0. The molecule has 0 bridgehead atoms. The smallest absolute Gasteiger partial charge is 0.0615 e. The van der Waals surface area contributed by atoms with E-state index in [1.807, 2.05) is 0 Å². The largest absolute Gasteiger partial charge is 0.393 e. The standard InChI is InChI=1S/C21H32O2/c1-20-11-8-19-17(18(20)6-4-14(20)9-12-22)5-3-15-13-16(23)7-10-21(15,19)2/h3,9,16-19,22-23H,4-8,10-13H2,1-2H3/t16?,17-,18-,19+,20+,21-/m0/s1. The third kappa shape index (κ3) is 2.21. The zero-order chi connectivity index (χ0) is 16.2. The molecule has 1 unspecified atom stereocenters. The van der Waals surface area contributed by atoms with E-state index in [1.54, 1.807) is 5.57 Å². The van der Waals surface area contributed by atoms with Crippen LogP contribution in [0, 0.1) is 28.6 Å². The van der Waals surface area contributed by atoms with Crippen LogP contribution in [-0.4, -0.2) is 22.9 Å². The van der Waals surface area contributed by atoms with Crippen LogP contribution in [0.25, 0.3) is 0 Å². The highest BCUT2D eigenvalue weighted by atomic mass is 16.3. The van der Waals surface area contributed by atoms with E-state index in [0.29, 0.717) is 10.8 Å². The molecule has 3 saturated carbocycles. The third-order valence-corrected chi connectivity index (χ3v) is 8.26. The van der Waals surface area contributed by atoms with Gasteiger partial charge in [0.15, 0.2) is 0 Å². The summed E-state index contributed by atoms with van der Waals surface area (Å²) in [6.07, 6.45) is 13.9. The number of hydrogen-bond acceptors (Lipinski definition) is 2. The average Bonchev–Trinajstić information content (AvgIpc) is 2.85. The van der Waals surface area contributed by atoms with E-state index in [0.717, 1.165) is 30.6 Å². The Labute approximate surface area is 140 Å². The summed E-state index contributed by atoms with van der Waals surface area (Å²) >= 11 is 0. The molecular formula is C21H32O2. The highest BCUT2D eigenvalue weighted by Crippen LogP contribution is 2.66. The van der Waals surface area contributed by atoms with Crippen LogP contribution in [0.4, 0.5) is 0 Å². The van der Waals surface area contributed by atoms with E-state index in [2.05, 4.69) is 26.0 Å². The molecule has 2 N–H and O–H groups in total. The summed E-state index contributed by atoms with van der Waals surface area (Å²) in [5.74, 6) is 2.41. The minimum Gasteiger partial charge on any atom is -0.393 e. The first kappa shape index (κ1) is 15.9. The molecule has 4 aliphatic rings. The summed E-state index contributed by atoms with van der Waals surface area (Å²) in [5, 5.41) is 19.4. The van der Waals surface area contributed by atoms with Crippen molar-refractivity contribution >= 4 is 0 Å². The number of aliphatic hydroxyl groups is 2. The van der Waals surface area contributed by atoms with Gasteiger partial charge in [0.05, 0.1) is 12.7 Å². The van der Waals surface area contributed by atoms with Gasteiger partial charge in [0.25, 0.3) is 0 Å². The Hall–Kier alpha value is -0.600. The quantitative estimate of drug-likeness (QED) is 0.711. The molecule has 0 heterocycles. The zero-order valence-corrected chi connectivity index (χ0v) is 14.7. The van der Waals surface area contributed by atoms with Crippen molar-refractivity contribution in [3.8, 4) is 0 Å². The first-order chi connectivity index (χ1) is 11.0. The van der Waals surface area contributed by atoms with Crippen LogP contribution in [0.2, 0.25) is 0 Å². The lowest BCUT2D eigenvalue weighted by molar-refractivity contribution is -0.0269. The average molecular weight is 316 g/mol. The van der Waals surface area contributed by atoms with Crippen molar-refractivity contribution in [3.05, 3.63) is 23.3 Å². The number of aliphatic hydroxyl groups excluding tert-OH is 2. The fourth-order valence-corrected chi connectivity index (χ4v) is 6.94. The molecule has 0 amide bonds. The molecule has 0 saturated heterocycles. The third-order valence-electron chi connectivity index (χ3n) is 8.26. The van der Waals surface area contributed by atoms with Crippen LogP contribution in [0.5, 0.6) is 0 Å². The molecule has 6 atom stereocenters. The second-order valence-electron chi connectivity index (χ2n) is 9.06. The van der Waals surface area contributed by atoms with Crippen molar-refractivity contribution in [1.29, 1.82) is 0 Å². The van der Waals surface area contributed by atoms with Crippen LogP contribution in [0.15, 0.2) is 23.3 Å². The van der Waals surface area contributed by atoms with Gasteiger partial charge >= 0.3 is 0 Å². The predicted molar refractivity (Wildman–Crippen MR) is 92.9 cm³/mol. The molecule has 2 nitrogen and oxygen atoms in total. The van der Waals surface area contributed by atoms with Crippen LogP contribution in [0.3, 0.4) is 0 Å². The number of hydrogen-bond donors (Lipinski definition) is 2. The van der Waals surface area contributed by atoms with Crippen molar-refractivity contribution in [1.82, 2.24) is 0 Å². The second kappa shape index (κ2) is 5.46. The number of allylic oxidation sites excluding steroid dienone is 2. The lowest BCUT2D eigenvalue weighted by atomic mass is 9.48. The maximum atomic E-state index is 10.1. The van der Waals surface area contributed by atoms with Gasteiger partial charge in [0, 0.05) is 0 Å². The lowest BCUT2D eigenvalue weighted by Gasteiger charge is -2.57. The summed E-state index contributed by atoms with van der Waals surface area (Å²) in [4.78, 5) is 0. The molecular weight excluding hydrogens is 284 g/mol. The predicted octanol–water partition coefficient (Wildman–Crippen LogP) is 4.23. The van der Waals surface area contributed by atoms with E-state index in [4.69, 9.17) is 0 Å². The minimum atomic E-state index is -0.106. The Bertz CT molecular complexity index is 548. The minimum absolute atomic E-state index is 0.106. The molecule has 23 heavy (non-hydrogen) atoms. The van der Waals surface area contributed by atoms with Crippen molar-refractivity contribution in [2.75, 3.05) is 6.61 Å². The highest BCUT2D eigenvalue weighted by molar-refractivity contribution is 5.29. The first-order valence-corrected chi connectivity index (χ1v) is 9.67. The fourth-order valence-electron chi connectivity index (χ4n) is 6.94. The summed E-state index contributed by atoms with van der Waals surface area (Å²) < 4.78 is 0. The second-order valence-corrected chi connectivity index (χ2v) is 9.06. The van der Waals surface area contributed by atoms with Gasteiger partial charge in [-0.05, 0) is 80.0 Å². The molecule has 2 heteroatoms. The van der Waals surface area contributed by atoms with Gasteiger partial charge in [-0.15, -0.1) is 0 Å². The van der Waals surface area contributed by atoms with Crippen LogP contribution < -0.4 is 0 Å². The molecule has 4 aliphatic carbocycles. The van der Waals surface area contributed by atoms with Gasteiger partial charge in [-0.2, -0.15) is 0 Å². The first-order valence-electron chi connectivity index (χ1n) is 9.67. The Morgan fingerprint density at radius 3 is 2.65 bits per heavy atom. The van der Waals surface area contributed by atoms with E-state index in [1.165, 1.54) is 44.1 Å². The molecule has 128 valence electrons. The maximum absolute atomic E-state index is 10.1. The van der Waals surface area contributed by atoms with Gasteiger partial charge in [-0.1, -0.05) is 37.1 Å². The Morgan fingerprint density at radius 1 is 1.13 bits per heavy atom. The van der Waals surface area contributed by atoms with Crippen LogP contribution >= 0.6 is 0 Å². The van der Waals surface area contributed by atoms with Crippen molar-refractivity contribution < 1.29 is 10.2 Å². The van der Waals surface area contributed by atoms with Crippen molar-refractivity contribution in [3.63, 3.8) is 0 Å². The van der Waals surface area contributed by atoms with Gasteiger partial charge < -0.3 is 10.2 Å². The molecule has 0 aliphatic heterocycles. The molecule has 0 aromatic heterocycles. The summed E-state index contributed by atoms with van der Waals surface area (Å²) in [6.45, 7) is 5.16. The van der Waals surface area contributed by atoms with Gasteiger partial charge in [0.2, 0.25) is 0 Å². The Kier molecular flexibility index (Phi) is 3.77. The lowest BCUT2D eigenvalue weighted by Crippen LogP contribution is -2.49. The molecule has 0 radical (unpaired) electrons. The molecule has 0 aromatic carbocycles. The van der Waals surface area contributed by atoms with Crippen LogP contribution in [-0.2, 0) is 0 Å². The Balaban J connectivity index is 1.66. The monoisotopic (exact) mass is 316 g/mol. The number of rotatable bonds is 1.